The molecule has 21 rings (SSSR count). The number of carboxylic acid groups (broad SMARTS) is 2. The number of hydrogen-bond acceptors (Lipinski definition) is 33. The molecule has 149 heavy (non-hydrogen) atoms. The Kier molecular flexibility index (Phi) is 36.8. The predicted octanol–water partition coefficient (Wildman–Crippen LogP) is 12.1. The zero-order valence-corrected chi connectivity index (χ0v) is 88.8. The number of amides is 2. The molecule has 2 amide bonds. The second kappa shape index (κ2) is 50.3. The van der Waals surface area contributed by atoms with Crippen LogP contribution in [0.15, 0.2) is 206 Å². The lowest BCUT2D eigenvalue weighted by molar-refractivity contribution is 0.0515. The van der Waals surface area contributed by atoms with Crippen molar-refractivity contribution in [2.75, 3.05) is 50.7 Å². The Hall–Kier alpha value is -14.1. The fourth-order valence-corrected chi connectivity index (χ4v) is 20.3. The summed E-state index contributed by atoms with van der Waals surface area (Å²) < 4.78 is 30.2. The minimum Gasteiger partial charge on any atom is -0.477 e. The molecule has 0 atom stereocenters. The van der Waals surface area contributed by atoms with Gasteiger partial charge in [0.1, 0.15) is 45.3 Å². The van der Waals surface area contributed by atoms with Crippen molar-refractivity contribution in [3.63, 3.8) is 0 Å². The average Bonchev–Trinajstić information content (AvgIpc) is 1.56. The smallest absolute Gasteiger partial charge is 0.346 e. The van der Waals surface area contributed by atoms with Crippen LogP contribution in [-0.4, -0.2) is 213 Å². The summed E-state index contributed by atoms with van der Waals surface area (Å²) in [6.45, 7) is 12.3. The Morgan fingerprint density at radius 1 is 0.309 bits per heavy atom. The Morgan fingerprint density at radius 2 is 0.510 bits per heavy atom. The lowest BCUT2D eigenvalue weighted by Gasteiger charge is -2.09. The number of nitrogens with zero attached hydrogens (tertiary/aromatic N) is 24. The number of carboxylic acids is 2. The topological polar surface area (TPSA) is 528 Å². The summed E-state index contributed by atoms with van der Waals surface area (Å²) in [6.07, 6.45) is 26.0. The molecular formula is C97H100Cl3N27O16S6. The maximum absolute atomic E-state index is 13.0. The van der Waals surface area contributed by atoms with Crippen LogP contribution in [0, 0.1) is 0 Å². The van der Waals surface area contributed by atoms with E-state index in [1.807, 2.05) is 117 Å². The number of ether oxygens (including phenoxy) is 2. The predicted molar refractivity (Wildman–Crippen MR) is 567 cm³/mol. The molecule has 18 heterocycles. The third-order valence-corrected chi connectivity index (χ3v) is 28.5. The zero-order valence-electron chi connectivity index (χ0n) is 81.6. The third kappa shape index (κ3) is 23.8. The molecule has 3 aromatic carbocycles. The van der Waals surface area contributed by atoms with Crippen molar-refractivity contribution in [1.82, 2.24) is 127 Å². The number of carbonyl (C=O) groups is 6. The van der Waals surface area contributed by atoms with E-state index in [2.05, 4.69) is 70.4 Å². The normalized spacial score (nSPS) is 12.9. The van der Waals surface area contributed by atoms with Gasteiger partial charge in [0.15, 0.2) is 53.2 Å². The van der Waals surface area contributed by atoms with E-state index in [0.717, 1.165) is 60.2 Å². The Bertz CT molecular complexity index is 7540. The lowest BCUT2D eigenvalue weighted by Crippen LogP contribution is -2.29. The van der Waals surface area contributed by atoms with Crippen LogP contribution in [0.2, 0.25) is 15.1 Å². The van der Waals surface area contributed by atoms with Crippen molar-refractivity contribution in [3.8, 4) is 68.3 Å². The molecular weight excluding hydrogens is 2100 g/mol. The number of fused-ring (bicyclic) bond motifs is 6. The standard InChI is InChI=1S/2C19H18ClN5O2S.2C14H16N4O3S.2C12H12N4O3S.C7H8ClN/c2*1-28-19-21-8-7-14(23-19)16-15(18(27)25-10-4-9-24(16)25)17(26)22-11-12-5-2-3-6-13(12)20;2*1-3-21-13(20)10-11(9-5-6-15-14(16-9)22-2)17-7-4-8-18(17)12(10)19;2*1-20-12-13-4-3-7(14-12)9-8(11(18)19)10(17)16-6-2-5-15(9)16;8-7-4-2-1-3-6(7)5-9/h2*2-3,5-8H,4,9-11H2,1H3,(H,22,26);2*5-6H,3-4,7-8H2,1-2H3;2*3-4H,2,5-6H2,1H3,(H,18,19);1-4H,5,9H2. The van der Waals surface area contributed by atoms with E-state index in [1.165, 1.54) is 79.9 Å². The fraction of sp³-hybridized carbons (Fsp3) is 0.320. The molecule has 0 unspecified atom stereocenters. The second-order valence-electron chi connectivity index (χ2n) is 32.7. The highest BCUT2D eigenvalue weighted by atomic mass is 35.5. The molecule has 0 fully saturated rings. The third-order valence-electron chi connectivity index (χ3n) is 24.0. The largest absolute Gasteiger partial charge is 0.477 e. The van der Waals surface area contributed by atoms with Gasteiger partial charge in [-0.25, -0.2) is 107 Å². The van der Waals surface area contributed by atoms with E-state index in [0.29, 0.717) is 194 Å². The van der Waals surface area contributed by atoms with Crippen LogP contribution in [0.25, 0.3) is 68.3 Å². The van der Waals surface area contributed by atoms with Crippen LogP contribution in [-0.2, 0) is 108 Å². The first-order chi connectivity index (χ1) is 72.1. The fourth-order valence-electron chi connectivity index (χ4n) is 17.5. The van der Waals surface area contributed by atoms with Gasteiger partial charge in [-0.3, -0.25) is 66.4 Å². The summed E-state index contributed by atoms with van der Waals surface area (Å²) in [5.74, 6) is -4.49. The van der Waals surface area contributed by atoms with Crippen molar-refractivity contribution < 1.29 is 48.5 Å². The molecule has 0 bridgehead atoms. The molecule has 6 N–H and O–H groups in total. The summed E-state index contributed by atoms with van der Waals surface area (Å²) >= 11 is 26.5. The highest BCUT2D eigenvalue weighted by molar-refractivity contribution is 7.99. The van der Waals surface area contributed by atoms with Crippen LogP contribution in [0.1, 0.15) is 131 Å². The van der Waals surface area contributed by atoms with Gasteiger partial charge in [0, 0.05) is 150 Å². The molecule has 776 valence electrons. The first kappa shape index (κ1) is 109. The van der Waals surface area contributed by atoms with Crippen LogP contribution < -0.4 is 49.7 Å². The quantitative estimate of drug-likeness (QED) is 0.0201. The maximum atomic E-state index is 13.0. The van der Waals surface area contributed by atoms with Gasteiger partial charge in [0.25, 0.3) is 45.2 Å². The summed E-state index contributed by atoms with van der Waals surface area (Å²) in [5, 5.41) is 29.6. The Morgan fingerprint density at radius 3 is 0.718 bits per heavy atom. The number of hydrogen-bond donors (Lipinski definition) is 5. The highest BCUT2D eigenvalue weighted by Gasteiger charge is 2.38. The number of nitrogens with one attached hydrogen (secondary N) is 2. The highest BCUT2D eigenvalue weighted by Crippen LogP contribution is 2.34. The molecule has 52 heteroatoms. The number of carbonyl (C=O) groups excluding carboxylic acids is 4. The number of aromatic nitrogens is 24. The first-order valence-corrected chi connectivity index (χ1v) is 55.2. The van der Waals surface area contributed by atoms with E-state index in [-0.39, 0.29) is 81.9 Å². The number of thioether (sulfide) groups is 6. The number of rotatable bonds is 25. The average molecular weight is 2200 g/mol. The number of aromatic carboxylic acids is 2. The van der Waals surface area contributed by atoms with Crippen LogP contribution >= 0.6 is 105 Å². The SMILES string of the molecule is CCOC(=O)c1c(-c2ccnc(SC)n2)n2n(c1=O)CCC2.CCOC(=O)c1c(-c2ccnc(SC)n2)n2n(c1=O)CCC2.CSc1nccc(-c2c(C(=O)NCc3ccccc3Cl)c(=O)n3n2CCC3)n1.CSc1nccc(-c2c(C(=O)NCc3ccccc3Cl)c(=O)n3n2CCC3)n1.CSc1nccc(-c2c(C(=O)O)c(=O)n3n2CCC3)n1.CSc1nccc(-c2c(C(=O)O)c(=O)n3n2CCC3)n1.NCc1ccccc1Cl. The van der Waals surface area contributed by atoms with Gasteiger partial charge in [0.2, 0.25) is 0 Å². The number of nitrogens with two attached hydrogens (primary N) is 1. The molecule has 0 radical (unpaired) electrons. The van der Waals surface area contributed by atoms with Crippen LogP contribution in [0.4, 0.5) is 0 Å². The number of benzene rings is 3. The van der Waals surface area contributed by atoms with Crippen LogP contribution in [0.3, 0.4) is 0 Å². The van der Waals surface area contributed by atoms with E-state index in [9.17, 15) is 67.7 Å². The van der Waals surface area contributed by atoms with Crippen molar-refractivity contribution in [3.05, 3.63) is 274 Å². The zero-order chi connectivity index (χ0) is 106. The summed E-state index contributed by atoms with van der Waals surface area (Å²) in [5.41, 5.74) is 11.8. The van der Waals surface area contributed by atoms with E-state index in [1.54, 1.807) is 128 Å². The van der Waals surface area contributed by atoms with Gasteiger partial charge in [-0.05, 0) is 161 Å². The van der Waals surface area contributed by atoms with E-state index >= 15 is 0 Å². The van der Waals surface area contributed by atoms with Gasteiger partial charge in [-0.15, -0.1) is 0 Å². The second-order valence-corrected chi connectivity index (χ2v) is 38.6. The molecule has 0 saturated heterocycles. The molecule has 0 saturated carbocycles. The van der Waals surface area contributed by atoms with Crippen molar-refractivity contribution in [1.29, 1.82) is 0 Å². The Balaban J connectivity index is 0.000000132. The van der Waals surface area contributed by atoms with E-state index < -0.39 is 46.8 Å². The van der Waals surface area contributed by atoms with Gasteiger partial charge >= 0.3 is 23.9 Å². The monoisotopic (exact) mass is 2200 g/mol. The first-order valence-electron chi connectivity index (χ1n) is 46.7. The lowest BCUT2D eigenvalue weighted by atomic mass is 10.1. The Labute approximate surface area is 889 Å². The van der Waals surface area contributed by atoms with Gasteiger partial charge < -0.3 is 36.1 Å². The number of halogens is 3. The summed E-state index contributed by atoms with van der Waals surface area (Å²) in [6, 6.07) is 32.3. The van der Waals surface area contributed by atoms with Crippen LogP contribution in [0.5, 0.6) is 0 Å². The van der Waals surface area contributed by atoms with Crippen molar-refractivity contribution in [2.45, 2.75) is 181 Å². The van der Waals surface area contributed by atoms with Crippen molar-refractivity contribution in [2.24, 2.45) is 5.73 Å². The number of esters is 2. The molecule has 6 aliphatic heterocycles. The minimum atomic E-state index is -1.22. The van der Waals surface area contributed by atoms with E-state index in [4.69, 9.17) is 50.0 Å². The molecule has 0 spiro atoms. The molecule has 0 aliphatic carbocycles. The summed E-state index contributed by atoms with van der Waals surface area (Å²) in [4.78, 5) is 200. The maximum Gasteiger partial charge on any atom is 0.346 e. The summed E-state index contributed by atoms with van der Waals surface area (Å²) in [7, 11) is 0. The van der Waals surface area contributed by atoms with Gasteiger partial charge in [-0.2, -0.15) is 0 Å². The minimum absolute atomic E-state index is 0.0623. The molecule has 12 aromatic heterocycles. The molecule has 6 aliphatic rings. The molecule has 15 aromatic rings. The van der Waals surface area contributed by atoms with Crippen molar-refractivity contribution >= 4 is 141 Å². The van der Waals surface area contributed by atoms with Gasteiger partial charge in [0.05, 0.1) is 47.4 Å². The molecule has 43 nitrogen and oxygen atoms in total. The van der Waals surface area contributed by atoms with Gasteiger partial charge in [-0.1, -0.05) is 160 Å².